The van der Waals surface area contributed by atoms with Gasteiger partial charge < -0.3 is 15.2 Å². The molecule has 112 valence electrons. The zero-order valence-electron chi connectivity index (χ0n) is 12.2. The molecule has 0 aliphatic heterocycles. The summed E-state index contributed by atoms with van der Waals surface area (Å²) in [6.45, 7) is 2.86. The van der Waals surface area contributed by atoms with Crippen LogP contribution in [0, 0.1) is 0 Å². The van der Waals surface area contributed by atoms with E-state index in [0.29, 0.717) is 10.6 Å². The van der Waals surface area contributed by atoms with Gasteiger partial charge in [-0.25, -0.2) is 4.79 Å². The van der Waals surface area contributed by atoms with Gasteiger partial charge in [-0.05, 0) is 42.3 Å². The largest absolute Gasteiger partial charge is 0.494 e. The molecule has 0 unspecified atom stereocenters. The molecular weight excluding hydrogens is 286 g/mol. The minimum absolute atomic E-state index is 0.400. The second kappa shape index (κ2) is 7.13. The summed E-state index contributed by atoms with van der Waals surface area (Å²) < 4.78 is 10.3. The van der Waals surface area contributed by atoms with Gasteiger partial charge in [0.15, 0.2) is 0 Å². The minimum atomic E-state index is -0.400. The number of anilines is 1. The lowest BCUT2D eigenvalue weighted by Gasteiger charge is -2.05. The molecule has 0 saturated carbocycles. The van der Waals surface area contributed by atoms with E-state index in [1.165, 1.54) is 18.4 Å². The van der Waals surface area contributed by atoms with Crippen molar-refractivity contribution < 1.29 is 14.3 Å². The summed E-state index contributed by atoms with van der Waals surface area (Å²) in [7, 11) is 1.35. The number of rotatable bonds is 6. The van der Waals surface area contributed by atoms with Crippen molar-refractivity contribution in [1.82, 2.24) is 0 Å². The number of esters is 1. The summed E-state index contributed by atoms with van der Waals surface area (Å²) in [6, 6.07) is 9.59. The van der Waals surface area contributed by atoms with Gasteiger partial charge in [-0.2, -0.15) is 0 Å². The van der Waals surface area contributed by atoms with E-state index in [2.05, 4.69) is 6.92 Å². The van der Waals surface area contributed by atoms with E-state index in [4.69, 9.17) is 15.2 Å². The number of nitrogens with two attached hydrogens (primary N) is 1. The van der Waals surface area contributed by atoms with E-state index < -0.39 is 5.97 Å². The predicted molar refractivity (Wildman–Crippen MR) is 85.9 cm³/mol. The Balaban J connectivity index is 2.13. The number of carbonyl (C=O) groups is 1. The van der Waals surface area contributed by atoms with Crippen LogP contribution in [0.3, 0.4) is 0 Å². The highest BCUT2D eigenvalue weighted by atomic mass is 32.1. The maximum Gasteiger partial charge on any atom is 0.350 e. The molecule has 0 aliphatic rings. The third kappa shape index (κ3) is 3.76. The van der Waals surface area contributed by atoms with Gasteiger partial charge in [-0.3, -0.25) is 0 Å². The first-order valence-corrected chi connectivity index (χ1v) is 7.68. The van der Waals surface area contributed by atoms with Crippen molar-refractivity contribution in [3.63, 3.8) is 0 Å². The molecule has 1 heterocycles. The van der Waals surface area contributed by atoms with Crippen LogP contribution < -0.4 is 10.5 Å². The fourth-order valence-electron chi connectivity index (χ4n) is 1.85. The highest BCUT2D eigenvalue weighted by Crippen LogP contribution is 2.34. The number of thiophene rings is 1. The fraction of sp³-hybridized carbons (Fsp3) is 0.312. The summed E-state index contributed by atoms with van der Waals surface area (Å²) in [6.07, 6.45) is 2.16. The van der Waals surface area contributed by atoms with E-state index in [-0.39, 0.29) is 0 Å². The number of ether oxygens (including phenoxy) is 2. The molecule has 1 aromatic carbocycles. The number of nitrogen functional groups attached to an aromatic ring is 1. The third-order valence-corrected chi connectivity index (χ3v) is 4.22. The first-order valence-electron chi connectivity index (χ1n) is 6.86. The second-order valence-electron chi connectivity index (χ2n) is 4.61. The lowest BCUT2D eigenvalue weighted by Crippen LogP contribution is -2.00. The summed E-state index contributed by atoms with van der Waals surface area (Å²) in [5.74, 6) is 0.452. The summed E-state index contributed by atoms with van der Waals surface area (Å²) >= 11 is 1.33. The summed E-state index contributed by atoms with van der Waals surface area (Å²) in [4.78, 5) is 12.9. The Hall–Kier alpha value is -2.01. The Kier molecular flexibility index (Phi) is 5.22. The highest BCUT2D eigenvalue weighted by molar-refractivity contribution is 7.18. The zero-order chi connectivity index (χ0) is 15.2. The topological polar surface area (TPSA) is 61.5 Å². The molecule has 0 bridgehead atoms. The fourth-order valence-corrected chi connectivity index (χ4v) is 2.85. The molecule has 2 N–H and O–H groups in total. The minimum Gasteiger partial charge on any atom is -0.494 e. The standard InChI is InChI=1S/C16H19NO3S/c1-3-4-9-20-12-7-5-11(6-8-12)14-10-13(17)15(21-14)16(18)19-2/h5-8,10H,3-4,9,17H2,1-2H3. The Morgan fingerprint density at radius 3 is 2.62 bits per heavy atom. The van der Waals surface area contributed by atoms with Crippen LogP contribution in [0.4, 0.5) is 5.69 Å². The maximum atomic E-state index is 11.6. The molecule has 0 fully saturated rings. The van der Waals surface area contributed by atoms with Gasteiger partial charge in [0.25, 0.3) is 0 Å². The molecule has 4 nitrogen and oxygen atoms in total. The summed E-state index contributed by atoms with van der Waals surface area (Å²) in [5.41, 5.74) is 7.30. The molecule has 0 saturated heterocycles. The van der Waals surface area contributed by atoms with Gasteiger partial charge in [0.05, 0.1) is 19.4 Å². The Morgan fingerprint density at radius 2 is 2.00 bits per heavy atom. The van der Waals surface area contributed by atoms with Gasteiger partial charge in [0.2, 0.25) is 0 Å². The molecule has 2 rings (SSSR count). The zero-order valence-corrected chi connectivity index (χ0v) is 13.0. The number of benzene rings is 1. The maximum absolute atomic E-state index is 11.6. The number of methoxy groups -OCH3 is 1. The van der Waals surface area contributed by atoms with Crippen LogP contribution in [-0.4, -0.2) is 19.7 Å². The molecule has 0 radical (unpaired) electrons. The lowest BCUT2D eigenvalue weighted by atomic mass is 10.2. The molecule has 0 spiro atoms. The van der Waals surface area contributed by atoms with E-state index in [0.717, 1.165) is 35.6 Å². The average Bonchev–Trinajstić information content (AvgIpc) is 2.89. The van der Waals surface area contributed by atoms with Crippen molar-refractivity contribution >= 4 is 23.0 Å². The molecule has 1 aromatic heterocycles. The molecule has 2 aromatic rings. The molecule has 0 amide bonds. The van der Waals surface area contributed by atoms with Crippen molar-refractivity contribution in [2.24, 2.45) is 0 Å². The van der Waals surface area contributed by atoms with E-state index in [1.54, 1.807) is 6.07 Å². The van der Waals surface area contributed by atoms with E-state index >= 15 is 0 Å². The molecule has 21 heavy (non-hydrogen) atoms. The number of unbranched alkanes of at least 4 members (excludes halogenated alkanes) is 1. The molecule has 5 heteroatoms. The predicted octanol–water partition coefficient (Wildman–Crippen LogP) is 3.96. The van der Waals surface area contributed by atoms with Gasteiger partial charge in [0, 0.05) is 4.88 Å². The van der Waals surface area contributed by atoms with Crippen LogP contribution in [0.15, 0.2) is 30.3 Å². The van der Waals surface area contributed by atoms with Crippen molar-refractivity contribution in [3.8, 4) is 16.2 Å². The number of carbonyl (C=O) groups excluding carboxylic acids is 1. The van der Waals surface area contributed by atoms with E-state index in [9.17, 15) is 4.79 Å². The van der Waals surface area contributed by atoms with Crippen molar-refractivity contribution in [1.29, 1.82) is 0 Å². The quantitative estimate of drug-likeness (QED) is 0.648. The third-order valence-electron chi connectivity index (χ3n) is 3.04. The van der Waals surface area contributed by atoms with Crippen molar-refractivity contribution in [2.45, 2.75) is 19.8 Å². The first kappa shape index (κ1) is 15.4. The monoisotopic (exact) mass is 305 g/mol. The van der Waals surface area contributed by atoms with Crippen LogP contribution in [-0.2, 0) is 4.74 Å². The lowest BCUT2D eigenvalue weighted by molar-refractivity contribution is 0.0607. The molecule has 0 aliphatic carbocycles. The van der Waals surface area contributed by atoms with E-state index in [1.807, 2.05) is 24.3 Å². The van der Waals surface area contributed by atoms with Crippen LogP contribution in [0.1, 0.15) is 29.4 Å². The van der Waals surface area contributed by atoms with Crippen molar-refractivity contribution in [3.05, 3.63) is 35.2 Å². The first-order chi connectivity index (χ1) is 10.2. The van der Waals surface area contributed by atoms with Gasteiger partial charge in [-0.1, -0.05) is 13.3 Å². The van der Waals surface area contributed by atoms with Crippen LogP contribution in [0.25, 0.3) is 10.4 Å². The van der Waals surface area contributed by atoms with Gasteiger partial charge >= 0.3 is 5.97 Å². The SMILES string of the molecule is CCCCOc1ccc(-c2cc(N)c(C(=O)OC)s2)cc1. The van der Waals surface area contributed by atoms with Crippen LogP contribution in [0.2, 0.25) is 0 Å². The molecular formula is C16H19NO3S. The molecule has 0 atom stereocenters. The van der Waals surface area contributed by atoms with Crippen LogP contribution in [0.5, 0.6) is 5.75 Å². The average molecular weight is 305 g/mol. The number of hydrogen-bond acceptors (Lipinski definition) is 5. The number of hydrogen-bond donors (Lipinski definition) is 1. The van der Waals surface area contributed by atoms with Gasteiger partial charge in [0.1, 0.15) is 10.6 Å². The Bertz CT molecular complexity index is 604. The summed E-state index contributed by atoms with van der Waals surface area (Å²) in [5, 5.41) is 0. The van der Waals surface area contributed by atoms with Crippen molar-refractivity contribution in [2.75, 3.05) is 19.5 Å². The Labute approximate surface area is 128 Å². The second-order valence-corrected chi connectivity index (χ2v) is 5.67. The highest BCUT2D eigenvalue weighted by Gasteiger charge is 2.15. The smallest absolute Gasteiger partial charge is 0.350 e. The van der Waals surface area contributed by atoms with Crippen LogP contribution >= 0.6 is 11.3 Å². The van der Waals surface area contributed by atoms with Gasteiger partial charge in [-0.15, -0.1) is 11.3 Å². The normalized spacial score (nSPS) is 10.4. The Morgan fingerprint density at radius 1 is 1.29 bits per heavy atom.